The Bertz CT molecular complexity index is 540. The zero-order valence-electron chi connectivity index (χ0n) is 11.4. The molecule has 1 aliphatic heterocycles. The number of benzene rings is 1. The highest BCUT2D eigenvalue weighted by Crippen LogP contribution is 2.37. The fourth-order valence-electron chi connectivity index (χ4n) is 3.38. The van der Waals surface area contributed by atoms with Gasteiger partial charge in [0.15, 0.2) is 0 Å². The molecular formula is C16H19NO3. The third-order valence-corrected chi connectivity index (χ3v) is 4.45. The highest BCUT2D eigenvalue weighted by molar-refractivity contribution is 5.87. The van der Waals surface area contributed by atoms with Gasteiger partial charge in [0, 0.05) is 19.5 Å². The molecule has 0 saturated carbocycles. The van der Waals surface area contributed by atoms with E-state index in [-0.39, 0.29) is 24.2 Å². The molecule has 2 unspecified atom stereocenters. The number of nitrogens with zero attached hydrogens (tertiary/aromatic N) is 1. The second-order valence-electron chi connectivity index (χ2n) is 5.85. The number of piperidine rings is 1. The van der Waals surface area contributed by atoms with E-state index < -0.39 is 5.97 Å². The predicted molar refractivity (Wildman–Crippen MR) is 74.4 cm³/mol. The SMILES string of the molecule is O=C(O)CC1CCCN(C(=O)C2Cc3ccccc32)C1. The van der Waals surface area contributed by atoms with Crippen molar-refractivity contribution in [3.05, 3.63) is 35.4 Å². The molecular weight excluding hydrogens is 254 g/mol. The van der Waals surface area contributed by atoms with Crippen LogP contribution in [-0.2, 0) is 16.0 Å². The van der Waals surface area contributed by atoms with Crippen molar-refractivity contribution in [3.63, 3.8) is 0 Å². The molecule has 4 heteroatoms. The normalized spacial score (nSPS) is 24.7. The molecule has 1 aromatic carbocycles. The summed E-state index contributed by atoms with van der Waals surface area (Å²) in [5, 5.41) is 8.88. The quantitative estimate of drug-likeness (QED) is 0.917. The van der Waals surface area contributed by atoms with Crippen LogP contribution in [0.15, 0.2) is 24.3 Å². The second kappa shape index (κ2) is 5.27. The number of fused-ring (bicyclic) bond motifs is 1. The van der Waals surface area contributed by atoms with E-state index >= 15 is 0 Å². The Morgan fingerprint density at radius 1 is 1.30 bits per heavy atom. The Kier molecular flexibility index (Phi) is 3.47. The minimum Gasteiger partial charge on any atom is -0.481 e. The summed E-state index contributed by atoms with van der Waals surface area (Å²) in [7, 11) is 0. The van der Waals surface area contributed by atoms with Gasteiger partial charge in [-0.05, 0) is 36.3 Å². The number of carbonyl (C=O) groups is 2. The van der Waals surface area contributed by atoms with Crippen molar-refractivity contribution < 1.29 is 14.7 Å². The van der Waals surface area contributed by atoms with E-state index in [1.165, 1.54) is 5.56 Å². The summed E-state index contributed by atoms with van der Waals surface area (Å²) >= 11 is 0. The average molecular weight is 273 g/mol. The first kappa shape index (κ1) is 13.2. The van der Waals surface area contributed by atoms with Crippen LogP contribution in [0.2, 0.25) is 0 Å². The van der Waals surface area contributed by atoms with Crippen molar-refractivity contribution in [1.29, 1.82) is 0 Å². The Morgan fingerprint density at radius 2 is 2.10 bits per heavy atom. The maximum Gasteiger partial charge on any atom is 0.303 e. The van der Waals surface area contributed by atoms with Gasteiger partial charge in [0.25, 0.3) is 0 Å². The first-order valence-electron chi connectivity index (χ1n) is 7.23. The van der Waals surface area contributed by atoms with Crippen molar-refractivity contribution in [2.24, 2.45) is 5.92 Å². The van der Waals surface area contributed by atoms with Crippen LogP contribution in [0.4, 0.5) is 0 Å². The fraction of sp³-hybridized carbons (Fsp3) is 0.500. The number of rotatable bonds is 3. The molecule has 1 aliphatic carbocycles. The molecule has 1 fully saturated rings. The minimum absolute atomic E-state index is 0.00484. The van der Waals surface area contributed by atoms with Crippen molar-refractivity contribution in [2.75, 3.05) is 13.1 Å². The van der Waals surface area contributed by atoms with Gasteiger partial charge in [-0.2, -0.15) is 0 Å². The van der Waals surface area contributed by atoms with E-state index in [4.69, 9.17) is 5.11 Å². The summed E-state index contributed by atoms with van der Waals surface area (Å²) in [5.74, 6) is -0.479. The lowest BCUT2D eigenvalue weighted by Crippen LogP contribution is -2.45. The lowest BCUT2D eigenvalue weighted by molar-refractivity contribution is -0.141. The maximum absolute atomic E-state index is 12.6. The van der Waals surface area contributed by atoms with Crippen molar-refractivity contribution >= 4 is 11.9 Å². The monoisotopic (exact) mass is 273 g/mol. The fourth-order valence-corrected chi connectivity index (χ4v) is 3.38. The van der Waals surface area contributed by atoms with E-state index in [2.05, 4.69) is 6.07 Å². The van der Waals surface area contributed by atoms with Gasteiger partial charge in [0.2, 0.25) is 5.91 Å². The molecule has 2 aliphatic rings. The maximum atomic E-state index is 12.6. The van der Waals surface area contributed by atoms with Gasteiger partial charge in [-0.3, -0.25) is 9.59 Å². The Labute approximate surface area is 118 Å². The van der Waals surface area contributed by atoms with E-state index in [0.29, 0.717) is 6.54 Å². The van der Waals surface area contributed by atoms with Crippen LogP contribution in [0.25, 0.3) is 0 Å². The molecule has 1 N–H and O–H groups in total. The van der Waals surface area contributed by atoms with Crippen LogP contribution in [0.5, 0.6) is 0 Å². The third-order valence-electron chi connectivity index (χ3n) is 4.45. The highest BCUT2D eigenvalue weighted by Gasteiger charge is 2.36. The molecule has 2 atom stereocenters. The first-order valence-corrected chi connectivity index (χ1v) is 7.23. The smallest absolute Gasteiger partial charge is 0.303 e. The van der Waals surface area contributed by atoms with Crippen LogP contribution >= 0.6 is 0 Å². The highest BCUT2D eigenvalue weighted by atomic mass is 16.4. The molecule has 4 nitrogen and oxygen atoms in total. The van der Waals surface area contributed by atoms with Crippen LogP contribution in [0.1, 0.15) is 36.3 Å². The molecule has 106 valence electrons. The van der Waals surface area contributed by atoms with Gasteiger partial charge in [-0.25, -0.2) is 0 Å². The zero-order valence-corrected chi connectivity index (χ0v) is 11.4. The molecule has 0 bridgehead atoms. The van der Waals surface area contributed by atoms with Gasteiger partial charge in [0.05, 0.1) is 5.92 Å². The standard InChI is InChI=1S/C16H19NO3/c18-15(19)8-11-4-3-7-17(10-11)16(20)14-9-12-5-1-2-6-13(12)14/h1-2,5-6,11,14H,3-4,7-10H2,(H,18,19). The number of likely N-dealkylation sites (tertiary alicyclic amines) is 1. The average Bonchev–Trinajstić information content (AvgIpc) is 2.39. The summed E-state index contributed by atoms with van der Waals surface area (Å²) in [4.78, 5) is 25.2. The molecule has 0 aromatic heterocycles. The largest absolute Gasteiger partial charge is 0.481 e. The van der Waals surface area contributed by atoms with Crippen LogP contribution in [0.3, 0.4) is 0 Å². The van der Waals surface area contributed by atoms with E-state index in [9.17, 15) is 9.59 Å². The van der Waals surface area contributed by atoms with Crippen molar-refractivity contribution in [3.8, 4) is 0 Å². The van der Waals surface area contributed by atoms with Gasteiger partial charge in [0.1, 0.15) is 0 Å². The summed E-state index contributed by atoms with van der Waals surface area (Å²) in [6, 6.07) is 8.08. The summed E-state index contributed by atoms with van der Waals surface area (Å²) in [5.41, 5.74) is 2.42. The number of carbonyl (C=O) groups excluding carboxylic acids is 1. The number of aliphatic carboxylic acids is 1. The van der Waals surface area contributed by atoms with Crippen molar-refractivity contribution in [1.82, 2.24) is 4.90 Å². The summed E-state index contributed by atoms with van der Waals surface area (Å²) in [6.45, 7) is 1.37. The summed E-state index contributed by atoms with van der Waals surface area (Å²) < 4.78 is 0. The molecule has 1 heterocycles. The number of carboxylic acid groups (broad SMARTS) is 1. The lowest BCUT2D eigenvalue weighted by Gasteiger charge is -2.38. The first-order chi connectivity index (χ1) is 9.65. The molecule has 20 heavy (non-hydrogen) atoms. The molecule has 1 saturated heterocycles. The number of hydrogen-bond acceptors (Lipinski definition) is 2. The van der Waals surface area contributed by atoms with E-state index in [0.717, 1.165) is 31.4 Å². The third kappa shape index (κ3) is 2.42. The second-order valence-corrected chi connectivity index (χ2v) is 5.85. The molecule has 0 spiro atoms. The van der Waals surface area contributed by atoms with Gasteiger partial charge in [-0.1, -0.05) is 24.3 Å². The molecule has 3 rings (SSSR count). The van der Waals surface area contributed by atoms with E-state index in [1.807, 2.05) is 23.1 Å². The Hall–Kier alpha value is -1.84. The molecule has 1 aromatic rings. The van der Waals surface area contributed by atoms with Crippen LogP contribution < -0.4 is 0 Å². The van der Waals surface area contributed by atoms with Gasteiger partial charge in [-0.15, -0.1) is 0 Å². The number of carboxylic acids is 1. The Balaban J connectivity index is 1.65. The molecule has 0 radical (unpaired) electrons. The van der Waals surface area contributed by atoms with Gasteiger partial charge >= 0.3 is 5.97 Å². The van der Waals surface area contributed by atoms with E-state index in [1.54, 1.807) is 0 Å². The van der Waals surface area contributed by atoms with Crippen LogP contribution in [-0.4, -0.2) is 35.0 Å². The lowest BCUT2D eigenvalue weighted by atomic mass is 9.76. The number of amides is 1. The van der Waals surface area contributed by atoms with Crippen LogP contribution in [0, 0.1) is 5.92 Å². The topological polar surface area (TPSA) is 57.6 Å². The zero-order chi connectivity index (χ0) is 14.1. The predicted octanol–water partition coefficient (Wildman–Crippen LogP) is 2.04. The summed E-state index contributed by atoms with van der Waals surface area (Å²) in [6.07, 6.45) is 2.83. The van der Waals surface area contributed by atoms with Gasteiger partial charge < -0.3 is 10.0 Å². The minimum atomic E-state index is -0.765. The molecule has 1 amide bonds. The van der Waals surface area contributed by atoms with Crippen molar-refractivity contribution in [2.45, 2.75) is 31.6 Å². The Morgan fingerprint density at radius 3 is 2.85 bits per heavy atom. The number of hydrogen-bond donors (Lipinski definition) is 1.